The number of methoxy groups -OCH3 is 1. The van der Waals surface area contributed by atoms with Gasteiger partial charge in [0.15, 0.2) is 6.10 Å². The van der Waals surface area contributed by atoms with Crippen LogP contribution >= 0.6 is 0 Å². The Morgan fingerprint density at radius 3 is 2.50 bits per heavy atom. The Morgan fingerprint density at radius 1 is 1.10 bits per heavy atom. The van der Waals surface area contributed by atoms with Crippen LogP contribution in [0.3, 0.4) is 0 Å². The Balaban J connectivity index is 1.97. The molecule has 0 radical (unpaired) electrons. The molecule has 0 saturated carbocycles. The van der Waals surface area contributed by atoms with Crippen molar-refractivity contribution in [3.05, 3.63) is 71.9 Å². The second kappa shape index (κ2) is 9.73. The Morgan fingerprint density at radius 2 is 1.80 bits per heavy atom. The zero-order chi connectivity index (χ0) is 21.5. The first-order chi connectivity index (χ1) is 14.5. The molecule has 0 fully saturated rings. The molecule has 0 aliphatic carbocycles. The lowest BCUT2D eigenvalue weighted by Crippen LogP contribution is -2.35. The number of ether oxygens (including phenoxy) is 2. The summed E-state index contributed by atoms with van der Waals surface area (Å²) in [5.74, 6) is -0.372. The molecule has 30 heavy (non-hydrogen) atoms. The Kier molecular flexibility index (Phi) is 6.85. The normalized spacial score (nSPS) is 11.6. The lowest BCUT2D eigenvalue weighted by molar-refractivity contribution is -0.128. The molecule has 0 unspecified atom stereocenters. The number of nitrogens with zero attached hydrogens (tertiary/aromatic N) is 2. The second-order valence-corrected chi connectivity index (χ2v) is 6.72. The fourth-order valence-electron chi connectivity index (χ4n) is 3.06. The highest BCUT2D eigenvalue weighted by atomic mass is 16.5. The zero-order valence-electron chi connectivity index (χ0n) is 17.3. The number of carbonyl (C=O) groups is 2. The summed E-state index contributed by atoms with van der Waals surface area (Å²) in [6.07, 6.45) is 0.724. The van der Waals surface area contributed by atoms with Gasteiger partial charge in [-0.15, -0.1) is 0 Å². The van der Waals surface area contributed by atoms with Gasteiger partial charge < -0.3 is 14.8 Å². The molecule has 7 nitrogen and oxygen atoms in total. The van der Waals surface area contributed by atoms with E-state index >= 15 is 0 Å². The number of rotatable bonds is 8. The highest BCUT2D eigenvalue weighted by Crippen LogP contribution is 2.31. The highest BCUT2D eigenvalue weighted by Gasteiger charge is 2.25. The van der Waals surface area contributed by atoms with Gasteiger partial charge in [0.25, 0.3) is 5.91 Å². The van der Waals surface area contributed by atoms with Crippen LogP contribution in [0.2, 0.25) is 0 Å². The van der Waals surface area contributed by atoms with Crippen molar-refractivity contribution in [2.45, 2.75) is 26.5 Å². The number of hydrogen-bond acceptors (Lipinski definition) is 5. The van der Waals surface area contributed by atoms with Crippen molar-refractivity contribution >= 4 is 11.9 Å². The highest BCUT2D eigenvalue weighted by molar-refractivity contribution is 5.98. The molecule has 7 heteroatoms. The minimum absolute atomic E-state index is 0.270. The van der Waals surface area contributed by atoms with Gasteiger partial charge in [0.05, 0.1) is 13.7 Å². The molecule has 0 bridgehead atoms. The Hall–Kier alpha value is -3.61. The predicted molar refractivity (Wildman–Crippen MR) is 113 cm³/mol. The summed E-state index contributed by atoms with van der Waals surface area (Å²) < 4.78 is 12.5. The van der Waals surface area contributed by atoms with Crippen LogP contribution in [0.4, 0.5) is 0 Å². The molecule has 0 saturated heterocycles. The van der Waals surface area contributed by atoms with Crippen LogP contribution < -0.4 is 10.1 Å². The molecule has 0 aliphatic heterocycles. The van der Waals surface area contributed by atoms with Crippen molar-refractivity contribution in [1.29, 1.82) is 0 Å². The van der Waals surface area contributed by atoms with E-state index in [0.29, 0.717) is 30.1 Å². The summed E-state index contributed by atoms with van der Waals surface area (Å²) in [5, 5.41) is 7.28. The number of benzene rings is 2. The van der Waals surface area contributed by atoms with Crippen molar-refractivity contribution in [2.75, 3.05) is 13.7 Å². The lowest BCUT2D eigenvalue weighted by Gasteiger charge is -2.13. The molecule has 1 N–H and O–H groups in total. The molecule has 1 heterocycles. The van der Waals surface area contributed by atoms with Gasteiger partial charge in [-0.1, -0.05) is 42.5 Å². The van der Waals surface area contributed by atoms with Crippen LogP contribution in [0.25, 0.3) is 11.3 Å². The van der Waals surface area contributed by atoms with Crippen LogP contribution in [0.5, 0.6) is 5.75 Å². The van der Waals surface area contributed by atoms with Gasteiger partial charge in [0, 0.05) is 18.3 Å². The lowest BCUT2D eigenvalue weighted by atomic mass is 10.1. The van der Waals surface area contributed by atoms with Gasteiger partial charge in [0.1, 0.15) is 17.0 Å². The summed E-state index contributed by atoms with van der Waals surface area (Å²) in [7, 11) is 1.56. The monoisotopic (exact) mass is 407 g/mol. The first-order valence-corrected chi connectivity index (χ1v) is 9.77. The number of likely N-dealkylation sites (N-methyl/N-ethyl adjacent to an activating group) is 1. The zero-order valence-corrected chi connectivity index (χ0v) is 17.3. The third-order valence-electron chi connectivity index (χ3n) is 4.54. The molecule has 156 valence electrons. The van der Waals surface area contributed by atoms with Gasteiger partial charge in [-0.3, -0.25) is 9.48 Å². The molecular formula is C23H25N3O4. The average molecular weight is 407 g/mol. The van der Waals surface area contributed by atoms with Gasteiger partial charge >= 0.3 is 5.97 Å². The smallest absolute Gasteiger partial charge is 0.342 e. The van der Waals surface area contributed by atoms with Crippen molar-refractivity contribution < 1.29 is 19.1 Å². The number of nitrogens with one attached hydrogen (secondary N) is 1. The van der Waals surface area contributed by atoms with E-state index < -0.39 is 12.1 Å². The quantitative estimate of drug-likeness (QED) is 0.580. The fourth-order valence-corrected chi connectivity index (χ4v) is 3.06. The van der Waals surface area contributed by atoms with E-state index in [9.17, 15) is 9.59 Å². The third kappa shape index (κ3) is 4.86. The van der Waals surface area contributed by atoms with Crippen molar-refractivity contribution in [2.24, 2.45) is 0 Å². The van der Waals surface area contributed by atoms with E-state index in [-0.39, 0.29) is 11.5 Å². The minimum atomic E-state index is -0.916. The predicted octanol–water partition coefficient (Wildman–Crippen LogP) is 3.29. The van der Waals surface area contributed by atoms with E-state index in [1.54, 1.807) is 37.9 Å². The number of amides is 1. The number of para-hydroxylation sites is 1. The molecule has 3 aromatic rings. The number of carbonyl (C=O) groups excluding carboxylic acids is 2. The summed E-state index contributed by atoms with van der Waals surface area (Å²) in [6, 6.07) is 17.1. The van der Waals surface area contributed by atoms with Crippen molar-refractivity contribution in [1.82, 2.24) is 15.1 Å². The molecule has 1 aromatic heterocycles. The second-order valence-electron chi connectivity index (χ2n) is 6.72. The van der Waals surface area contributed by atoms with Crippen LogP contribution in [0, 0.1) is 0 Å². The summed E-state index contributed by atoms with van der Waals surface area (Å²) >= 11 is 0. The van der Waals surface area contributed by atoms with Gasteiger partial charge in [-0.2, -0.15) is 5.10 Å². The number of hydrogen-bond donors (Lipinski definition) is 1. The van der Waals surface area contributed by atoms with E-state index in [1.807, 2.05) is 48.5 Å². The SMILES string of the molecule is CCNC(=O)[C@H](C)OC(=O)c1cn(Cc2ccccc2)nc1-c1ccccc1OC. The summed E-state index contributed by atoms with van der Waals surface area (Å²) in [5.41, 5.74) is 2.43. The topological polar surface area (TPSA) is 82.5 Å². The molecule has 0 spiro atoms. The molecule has 2 aromatic carbocycles. The third-order valence-corrected chi connectivity index (χ3v) is 4.54. The maximum Gasteiger partial charge on any atom is 0.342 e. The maximum absolute atomic E-state index is 12.9. The molecule has 3 rings (SSSR count). The average Bonchev–Trinajstić information content (AvgIpc) is 3.18. The first-order valence-electron chi connectivity index (χ1n) is 9.77. The fraction of sp³-hybridized carbons (Fsp3) is 0.261. The first kappa shape index (κ1) is 21.1. The molecule has 1 atom stereocenters. The Labute approximate surface area is 175 Å². The number of esters is 1. The molecular weight excluding hydrogens is 382 g/mol. The van der Waals surface area contributed by atoms with Gasteiger partial charge in [0.2, 0.25) is 0 Å². The van der Waals surface area contributed by atoms with E-state index in [2.05, 4.69) is 10.4 Å². The maximum atomic E-state index is 12.9. The van der Waals surface area contributed by atoms with Crippen molar-refractivity contribution in [3.63, 3.8) is 0 Å². The molecule has 0 aliphatic rings. The summed E-state index contributed by atoms with van der Waals surface area (Å²) in [6.45, 7) is 4.30. The van der Waals surface area contributed by atoms with E-state index in [4.69, 9.17) is 9.47 Å². The van der Waals surface area contributed by atoms with Crippen molar-refractivity contribution in [3.8, 4) is 17.0 Å². The standard InChI is InChI=1S/C23H25N3O4/c1-4-24-22(27)16(2)30-23(28)19-15-26(14-17-10-6-5-7-11-17)25-21(19)18-12-8-9-13-20(18)29-3/h5-13,15-16H,4,14H2,1-3H3,(H,24,27)/t16-/m0/s1. The van der Waals surface area contributed by atoms with Gasteiger partial charge in [-0.05, 0) is 31.5 Å². The van der Waals surface area contributed by atoms with E-state index in [0.717, 1.165) is 5.56 Å². The van der Waals surface area contributed by atoms with Crippen LogP contribution in [0.1, 0.15) is 29.8 Å². The van der Waals surface area contributed by atoms with E-state index in [1.165, 1.54) is 0 Å². The van der Waals surface area contributed by atoms with Crippen LogP contribution in [-0.4, -0.2) is 41.4 Å². The van der Waals surface area contributed by atoms with Gasteiger partial charge in [-0.25, -0.2) is 4.79 Å². The Bertz CT molecular complexity index is 1010. The largest absolute Gasteiger partial charge is 0.496 e. The molecule has 1 amide bonds. The van der Waals surface area contributed by atoms with Crippen LogP contribution in [-0.2, 0) is 16.1 Å². The van der Waals surface area contributed by atoms with Crippen LogP contribution in [0.15, 0.2) is 60.8 Å². The summed E-state index contributed by atoms with van der Waals surface area (Å²) in [4.78, 5) is 24.9. The number of aromatic nitrogens is 2. The minimum Gasteiger partial charge on any atom is -0.496 e.